The van der Waals surface area contributed by atoms with Gasteiger partial charge in [0.05, 0.1) is 13.2 Å². The van der Waals surface area contributed by atoms with E-state index >= 15 is 0 Å². The molecule has 0 spiro atoms. The van der Waals surface area contributed by atoms with E-state index in [4.69, 9.17) is 14.7 Å². The zero-order chi connectivity index (χ0) is 21.6. The van der Waals surface area contributed by atoms with Crippen molar-refractivity contribution in [3.63, 3.8) is 0 Å². The predicted octanol–water partition coefficient (Wildman–Crippen LogP) is 3.91. The smallest absolute Gasteiger partial charge is 0.317 e. The number of allylic oxidation sites excluding steroid dienone is 2. The maximum atomic E-state index is 12.7. The van der Waals surface area contributed by atoms with E-state index < -0.39 is 5.41 Å². The summed E-state index contributed by atoms with van der Waals surface area (Å²) in [5.74, 6) is 2.05. The first-order chi connectivity index (χ1) is 15.0. The fourth-order valence-corrected chi connectivity index (χ4v) is 4.50. The number of nitrogens with zero attached hydrogens (tertiary/aromatic N) is 5. The van der Waals surface area contributed by atoms with Crippen LogP contribution in [0, 0.1) is 13.8 Å². The van der Waals surface area contributed by atoms with Crippen LogP contribution in [0.15, 0.2) is 30.6 Å². The minimum Gasteiger partial charge on any atom is -0.465 e. The number of carbonyl (C=O) groups is 1. The molecule has 0 unspecified atom stereocenters. The van der Waals surface area contributed by atoms with Crippen molar-refractivity contribution >= 4 is 17.1 Å². The van der Waals surface area contributed by atoms with Crippen LogP contribution in [0.4, 0.5) is 0 Å². The topological polar surface area (TPSA) is 82.8 Å². The number of rotatable bonds is 6. The van der Waals surface area contributed by atoms with Gasteiger partial charge < -0.3 is 9.30 Å². The van der Waals surface area contributed by atoms with E-state index in [1.165, 1.54) is 0 Å². The SMILES string of the molecule is CCOC(=O)C1(c2cnc(Cn3c(C4CC4)nc4c(C)cc(C)nc43)nc2)CC=CC1. The number of pyridine rings is 1. The zero-order valence-electron chi connectivity index (χ0n) is 18.3. The van der Waals surface area contributed by atoms with E-state index in [9.17, 15) is 4.79 Å². The fourth-order valence-electron chi connectivity index (χ4n) is 4.50. The van der Waals surface area contributed by atoms with Gasteiger partial charge in [0, 0.05) is 29.6 Å². The molecule has 0 radical (unpaired) electrons. The van der Waals surface area contributed by atoms with Crippen LogP contribution in [-0.4, -0.2) is 37.1 Å². The van der Waals surface area contributed by atoms with Crippen LogP contribution >= 0.6 is 0 Å². The number of hydrogen-bond donors (Lipinski definition) is 0. The van der Waals surface area contributed by atoms with Gasteiger partial charge >= 0.3 is 5.97 Å². The summed E-state index contributed by atoms with van der Waals surface area (Å²) in [6.07, 6.45) is 11.2. The summed E-state index contributed by atoms with van der Waals surface area (Å²) in [6.45, 7) is 6.81. The second-order valence-electron chi connectivity index (χ2n) is 8.65. The summed E-state index contributed by atoms with van der Waals surface area (Å²) in [6, 6.07) is 2.08. The standard InChI is InChI=1S/C24H27N5O2/c1-4-31-23(30)24(9-5-6-10-24)18-12-25-19(26-13-18)14-29-21(17-7-8-17)28-20-15(2)11-16(3)27-22(20)29/h5-6,11-13,17H,4,7-10,14H2,1-3H3. The second-order valence-corrected chi connectivity index (χ2v) is 8.65. The van der Waals surface area contributed by atoms with Crippen LogP contribution < -0.4 is 0 Å². The molecular weight excluding hydrogens is 390 g/mol. The predicted molar refractivity (Wildman–Crippen MR) is 117 cm³/mol. The second kappa shape index (κ2) is 7.55. The summed E-state index contributed by atoms with van der Waals surface area (Å²) in [5.41, 5.74) is 4.09. The fraction of sp³-hybridized carbons (Fsp3) is 0.458. The summed E-state index contributed by atoms with van der Waals surface area (Å²) in [5, 5.41) is 0. The van der Waals surface area contributed by atoms with Gasteiger partial charge in [-0.15, -0.1) is 0 Å². The molecule has 5 rings (SSSR count). The quantitative estimate of drug-likeness (QED) is 0.447. The van der Waals surface area contributed by atoms with Crippen molar-refractivity contribution < 1.29 is 9.53 Å². The maximum absolute atomic E-state index is 12.7. The number of aromatic nitrogens is 5. The Bertz CT molecular complexity index is 1170. The molecule has 7 nitrogen and oxygen atoms in total. The van der Waals surface area contributed by atoms with Gasteiger partial charge in [-0.1, -0.05) is 12.2 Å². The number of esters is 1. The molecule has 0 N–H and O–H groups in total. The Labute approximate surface area is 181 Å². The molecule has 1 saturated carbocycles. The largest absolute Gasteiger partial charge is 0.465 e. The molecule has 7 heteroatoms. The lowest BCUT2D eigenvalue weighted by Crippen LogP contribution is -2.35. The minimum absolute atomic E-state index is 0.205. The van der Waals surface area contributed by atoms with Crippen molar-refractivity contribution in [2.45, 2.75) is 64.3 Å². The van der Waals surface area contributed by atoms with Gasteiger partial charge in [-0.3, -0.25) is 4.79 Å². The molecule has 2 aliphatic carbocycles. The summed E-state index contributed by atoms with van der Waals surface area (Å²) in [4.78, 5) is 31.7. The molecule has 0 saturated heterocycles. The van der Waals surface area contributed by atoms with Crippen LogP contribution in [0.25, 0.3) is 11.2 Å². The first kappa shape index (κ1) is 19.8. The van der Waals surface area contributed by atoms with Crippen LogP contribution in [0.2, 0.25) is 0 Å². The first-order valence-electron chi connectivity index (χ1n) is 11.0. The molecule has 3 aromatic rings. The van der Waals surface area contributed by atoms with Crippen molar-refractivity contribution in [3.05, 3.63) is 59.1 Å². The Morgan fingerprint density at radius 1 is 1.16 bits per heavy atom. The number of fused-ring (bicyclic) bond motifs is 1. The molecule has 0 aromatic carbocycles. The molecule has 0 bridgehead atoms. The Morgan fingerprint density at radius 2 is 1.87 bits per heavy atom. The van der Waals surface area contributed by atoms with Gasteiger partial charge in [0.2, 0.25) is 0 Å². The summed E-state index contributed by atoms with van der Waals surface area (Å²) >= 11 is 0. The highest BCUT2D eigenvalue weighted by Gasteiger charge is 2.42. The number of carbonyl (C=O) groups excluding carboxylic acids is 1. The van der Waals surface area contributed by atoms with Crippen LogP contribution in [0.1, 0.15) is 67.0 Å². The average Bonchev–Trinajstić information content (AvgIpc) is 3.35. The highest BCUT2D eigenvalue weighted by Crippen LogP contribution is 2.41. The van der Waals surface area contributed by atoms with Crippen molar-refractivity contribution in [2.24, 2.45) is 0 Å². The van der Waals surface area contributed by atoms with Gasteiger partial charge in [0.15, 0.2) is 5.65 Å². The number of ether oxygens (including phenoxy) is 1. The number of hydrogen-bond acceptors (Lipinski definition) is 6. The van der Waals surface area contributed by atoms with Crippen LogP contribution in [0.5, 0.6) is 0 Å². The van der Waals surface area contributed by atoms with Gasteiger partial charge in [0.1, 0.15) is 22.6 Å². The van der Waals surface area contributed by atoms with Crippen molar-refractivity contribution in [2.75, 3.05) is 6.61 Å². The lowest BCUT2D eigenvalue weighted by molar-refractivity contribution is -0.149. The molecule has 0 amide bonds. The Kier molecular flexibility index (Phi) is 4.84. The van der Waals surface area contributed by atoms with Gasteiger partial charge in [0.25, 0.3) is 0 Å². The van der Waals surface area contributed by atoms with Crippen molar-refractivity contribution in [1.82, 2.24) is 24.5 Å². The molecule has 1 fully saturated rings. The van der Waals surface area contributed by atoms with Gasteiger partial charge in [-0.2, -0.15) is 0 Å². The lowest BCUT2D eigenvalue weighted by Gasteiger charge is -2.26. The van der Waals surface area contributed by atoms with Crippen LogP contribution in [-0.2, 0) is 21.5 Å². The molecule has 2 aliphatic rings. The molecule has 160 valence electrons. The lowest BCUT2D eigenvalue weighted by atomic mass is 9.79. The number of aryl methyl sites for hydroxylation is 2. The zero-order valence-corrected chi connectivity index (χ0v) is 18.3. The maximum Gasteiger partial charge on any atom is 0.317 e. The van der Waals surface area contributed by atoms with Crippen LogP contribution in [0.3, 0.4) is 0 Å². The third kappa shape index (κ3) is 3.42. The van der Waals surface area contributed by atoms with E-state index in [2.05, 4.69) is 27.5 Å². The van der Waals surface area contributed by atoms with E-state index in [1.54, 1.807) is 12.4 Å². The van der Waals surface area contributed by atoms with E-state index in [0.717, 1.165) is 46.7 Å². The highest BCUT2D eigenvalue weighted by molar-refractivity contribution is 5.84. The highest BCUT2D eigenvalue weighted by atomic mass is 16.5. The summed E-state index contributed by atoms with van der Waals surface area (Å²) in [7, 11) is 0. The molecule has 0 aliphatic heterocycles. The van der Waals surface area contributed by atoms with Crippen molar-refractivity contribution in [3.8, 4) is 0 Å². The van der Waals surface area contributed by atoms with Gasteiger partial charge in [-0.25, -0.2) is 19.9 Å². The minimum atomic E-state index is -0.703. The van der Waals surface area contributed by atoms with Crippen molar-refractivity contribution in [1.29, 1.82) is 0 Å². The van der Waals surface area contributed by atoms with E-state index in [0.29, 0.717) is 37.7 Å². The van der Waals surface area contributed by atoms with Gasteiger partial charge in [-0.05, 0) is 58.1 Å². The third-order valence-corrected chi connectivity index (χ3v) is 6.32. The molecule has 3 heterocycles. The normalized spacial score (nSPS) is 17.4. The Morgan fingerprint density at radius 3 is 2.52 bits per heavy atom. The van der Waals surface area contributed by atoms with E-state index in [-0.39, 0.29) is 5.97 Å². The van der Waals surface area contributed by atoms with E-state index in [1.807, 2.05) is 26.0 Å². The molecule has 0 atom stereocenters. The Balaban J connectivity index is 1.49. The average molecular weight is 418 g/mol. The summed E-state index contributed by atoms with van der Waals surface area (Å²) < 4.78 is 7.53. The molecule has 31 heavy (non-hydrogen) atoms. The molecule has 3 aromatic heterocycles. The monoisotopic (exact) mass is 417 g/mol. The molecular formula is C24H27N5O2. The third-order valence-electron chi connectivity index (χ3n) is 6.32. The first-order valence-corrected chi connectivity index (χ1v) is 11.0. The Hall–Kier alpha value is -3.09. The number of imidazole rings is 1.